The maximum atomic E-state index is 12.8. The number of piperazine rings is 1. The standard InChI is InChI=1S/C23H26N4O/c1-18-17-26(20-10-13-24-14-11-20)15-16-27(18)23(28)9-3-6-19-5-2-8-22-21(19)7-4-12-25-22/h2,4-5,7-8,10-14,18H,3,6,9,15-17H2,1H3. The van der Waals surface area contributed by atoms with Crippen molar-refractivity contribution < 1.29 is 4.79 Å². The molecule has 0 radical (unpaired) electrons. The van der Waals surface area contributed by atoms with E-state index in [1.54, 1.807) is 0 Å². The summed E-state index contributed by atoms with van der Waals surface area (Å²) in [4.78, 5) is 25.7. The number of carbonyl (C=O) groups is 1. The molecule has 1 aromatic carbocycles. The van der Waals surface area contributed by atoms with Gasteiger partial charge in [0.1, 0.15) is 0 Å². The van der Waals surface area contributed by atoms with Crippen molar-refractivity contribution in [3.05, 3.63) is 66.6 Å². The Bertz CT molecular complexity index is 938. The van der Waals surface area contributed by atoms with Gasteiger partial charge in [0.25, 0.3) is 0 Å². The van der Waals surface area contributed by atoms with Crippen LogP contribution in [0, 0.1) is 0 Å². The molecule has 28 heavy (non-hydrogen) atoms. The van der Waals surface area contributed by atoms with Crippen molar-refractivity contribution >= 4 is 22.5 Å². The highest BCUT2D eigenvalue weighted by Gasteiger charge is 2.27. The zero-order chi connectivity index (χ0) is 19.3. The first-order chi connectivity index (χ1) is 13.7. The van der Waals surface area contributed by atoms with Gasteiger partial charge in [-0.1, -0.05) is 18.2 Å². The van der Waals surface area contributed by atoms with Crippen molar-refractivity contribution in [2.45, 2.75) is 32.2 Å². The molecule has 1 fully saturated rings. The van der Waals surface area contributed by atoms with Crippen molar-refractivity contribution in [3.63, 3.8) is 0 Å². The molecule has 1 unspecified atom stereocenters. The van der Waals surface area contributed by atoms with Crippen LogP contribution in [-0.2, 0) is 11.2 Å². The van der Waals surface area contributed by atoms with E-state index in [-0.39, 0.29) is 11.9 Å². The van der Waals surface area contributed by atoms with Gasteiger partial charge < -0.3 is 9.80 Å². The molecule has 1 aliphatic rings. The monoisotopic (exact) mass is 374 g/mol. The highest BCUT2D eigenvalue weighted by molar-refractivity contribution is 5.82. The molecule has 1 amide bonds. The molecule has 0 bridgehead atoms. The smallest absolute Gasteiger partial charge is 0.222 e. The molecule has 0 saturated carbocycles. The molecule has 144 valence electrons. The molecule has 2 aromatic heterocycles. The van der Waals surface area contributed by atoms with Crippen molar-refractivity contribution in [2.75, 3.05) is 24.5 Å². The second kappa shape index (κ2) is 8.38. The predicted molar refractivity (Wildman–Crippen MR) is 112 cm³/mol. The first-order valence-corrected chi connectivity index (χ1v) is 9.99. The number of aromatic nitrogens is 2. The lowest BCUT2D eigenvalue weighted by Crippen LogP contribution is -2.54. The van der Waals surface area contributed by atoms with Crippen LogP contribution in [0.2, 0.25) is 0 Å². The van der Waals surface area contributed by atoms with Gasteiger partial charge in [-0.3, -0.25) is 14.8 Å². The van der Waals surface area contributed by atoms with E-state index in [1.807, 2.05) is 53.8 Å². The second-order valence-electron chi connectivity index (χ2n) is 7.43. The van der Waals surface area contributed by atoms with E-state index < -0.39 is 0 Å². The van der Waals surface area contributed by atoms with Crippen LogP contribution in [0.1, 0.15) is 25.3 Å². The number of hydrogen-bond donors (Lipinski definition) is 0. The Labute approximate surface area is 166 Å². The van der Waals surface area contributed by atoms with Gasteiger partial charge in [-0.25, -0.2) is 0 Å². The van der Waals surface area contributed by atoms with Crippen LogP contribution in [0.3, 0.4) is 0 Å². The maximum absolute atomic E-state index is 12.8. The van der Waals surface area contributed by atoms with Crippen molar-refractivity contribution in [3.8, 4) is 0 Å². The van der Waals surface area contributed by atoms with Gasteiger partial charge in [0.15, 0.2) is 0 Å². The molecular formula is C23H26N4O. The summed E-state index contributed by atoms with van der Waals surface area (Å²) in [7, 11) is 0. The summed E-state index contributed by atoms with van der Waals surface area (Å²) in [6.07, 6.45) is 7.82. The zero-order valence-electron chi connectivity index (χ0n) is 16.3. The Morgan fingerprint density at radius 2 is 1.93 bits per heavy atom. The first-order valence-electron chi connectivity index (χ1n) is 9.99. The molecular weight excluding hydrogens is 348 g/mol. The van der Waals surface area contributed by atoms with Crippen molar-refractivity contribution in [1.29, 1.82) is 0 Å². The highest BCUT2D eigenvalue weighted by Crippen LogP contribution is 2.21. The molecule has 5 nitrogen and oxygen atoms in total. The van der Waals surface area contributed by atoms with Gasteiger partial charge in [-0.15, -0.1) is 0 Å². The topological polar surface area (TPSA) is 49.3 Å². The van der Waals surface area contributed by atoms with E-state index >= 15 is 0 Å². The van der Waals surface area contributed by atoms with E-state index in [1.165, 1.54) is 16.6 Å². The minimum absolute atomic E-state index is 0.219. The van der Waals surface area contributed by atoms with Gasteiger partial charge >= 0.3 is 0 Å². The van der Waals surface area contributed by atoms with Gasteiger partial charge in [-0.05, 0) is 49.6 Å². The minimum Gasteiger partial charge on any atom is -0.368 e. The number of fused-ring (bicyclic) bond motifs is 1. The Morgan fingerprint density at radius 3 is 2.75 bits per heavy atom. The number of carbonyl (C=O) groups excluding carboxylic acids is 1. The van der Waals surface area contributed by atoms with E-state index in [0.29, 0.717) is 6.42 Å². The van der Waals surface area contributed by atoms with E-state index in [2.05, 4.69) is 33.9 Å². The van der Waals surface area contributed by atoms with Crippen LogP contribution >= 0.6 is 0 Å². The number of nitrogens with zero attached hydrogens (tertiary/aromatic N) is 4. The summed E-state index contributed by atoms with van der Waals surface area (Å²) in [6.45, 7) is 4.65. The van der Waals surface area contributed by atoms with Crippen LogP contribution < -0.4 is 4.90 Å². The van der Waals surface area contributed by atoms with Crippen LogP contribution in [0.4, 0.5) is 5.69 Å². The van der Waals surface area contributed by atoms with Gasteiger partial charge in [0.2, 0.25) is 5.91 Å². The van der Waals surface area contributed by atoms with Crippen LogP contribution in [0.15, 0.2) is 61.1 Å². The molecule has 1 saturated heterocycles. The largest absolute Gasteiger partial charge is 0.368 e. The molecule has 5 heteroatoms. The molecule has 0 spiro atoms. The van der Waals surface area contributed by atoms with Gasteiger partial charge in [0.05, 0.1) is 5.52 Å². The average Bonchev–Trinajstić information content (AvgIpc) is 2.74. The number of benzene rings is 1. The molecule has 1 aliphatic heterocycles. The Kier molecular flexibility index (Phi) is 5.51. The fourth-order valence-corrected chi connectivity index (χ4v) is 4.08. The average molecular weight is 374 g/mol. The van der Waals surface area contributed by atoms with E-state index in [0.717, 1.165) is 38.0 Å². The Balaban J connectivity index is 1.32. The third-order valence-corrected chi connectivity index (χ3v) is 5.55. The number of aryl methyl sites for hydroxylation is 1. The second-order valence-corrected chi connectivity index (χ2v) is 7.43. The summed E-state index contributed by atoms with van der Waals surface area (Å²) in [5.41, 5.74) is 3.47. The lowest BCUT2D eigenvalue weighted by molar-refractivity contribution is -0.133. The van der Waals surface area contributed by atoms with Crippen molar-refractivity contribution in [1.82, 2.24) is 14.9 Å². The lowest BCUT2D eigenvalue weighted by atomic mass is 10.0. The first kappa shape index (κ1) is 18.4. The molecule has 0 N–H and O–H groups in total. The highest BCUT2D eigenvalue weighted by atomic mass is 16.2. The Morgan fingerprint density at radius 1 is 1.07 bits per heavy atom. The van der Waals surface area contributed by atoms with Crippen molar-refractivity contribution in [2.24, 2.45) is 0 Å². The Hall–Kier alpha value is -2.95. The fraction of sp³-hybridized carbons (Fsp3) is 0.348. The van der Waals surface area contributed by atoms with E-state index in [4.69, 9.17) is 0 Å². The molecule has 3 aromatic rings. The summed E-state index contributed by atoms with van der Waals surface area (Å²) in [6, 6.07) is 14.6. The van der Waals surface area contributed by atoms with Crippen LogP contribution in [0.25, 0.3) is 10.9 Å². The summed E-state index contributed by atoms with van der Waals surface area (Å²) in [5.74, 6) is 0.264. The summed E-state index contributed by atoms with van der Waals surface area (Å²) in [5, 5.41) is 1.19. The number of pyridine rings is 2. The number of amides is 1. The third-order valence-electron chi connectivity index (χ3n) is 5.55. The SMILES string of the molecule is CC1CN(c2ccncc2)CCN1C(=O)CCCc1cccc2ncccc12. The molecule has 3 heterocycles. The third kappa shape index (κ3) is 3.98. The van der Waals surface area contributed by atoms with Gasteiger partial charge in [0, 0.05) is 61.8 Å². The maximum Gasteiger partial charge on any atom is 0.222 e. The number of rotatable bonds is 5. The fourth-order valence-electron chi connectivity index (χ4n) is 4.08. The number of hydrogen-bond acceptors (Lipinski definition) is 4. The minimum atomic E-state index is 0.219. The van der Waals surface area contributed by atoms with Crippen LogP contribution in [-0.4, -0.2) is 46.5 Å². The summed E-state index contributed by atoms with van der Waals surface area (Å²) >= 11 is 0. The molecule has 0 aliphatic carbocycles. The quantitative estimate of drug-likeness (QED) is 0.683. The molecule has 1 atom stereocenters. The van der Waals surface area contributed by atoms with E-state index in [9.17, 15) is 4.79 Å². The summed E-state index contributed by atoms with van der Waals surface area (Å²) < 4.78 is 0. The van der Waals surface area contributed by atoms with Gasteiger partial charge in [-0.2, -0.15) is 0 Å². The normalized spacial score (nSPS) is 17.1. The predicted octanol–water partition coefficient (Wildman–Crippen LogP) is 3.69. The zero-order valence-corrected chi connectivity index (χ0v) is 16.3. The van der Waals surface area contributed by atoms with Crippen LogP contribution in [0.5, 0.6) is 0 Å². The molecule has 4 rings (SSSR count). The lowest BCUT2D eigenvalue weighted by Gasteiger charge is -2.41. The number of anilines is 1.